The SMILES string of the molecule is CC(CC(C)(C)N1CCC(F)(F)C1)C(C#N)C(=O)N1CCC[C@H](OC(=O)N[C@@H](Cc2coc3ccccc23)B2O[C@@H]3C[C@@H]4C[C@@H](C4(C)C)[C@]3(C)O2)C1. The van der Waals surface area contributed by atoms with Crippen molar-refractivity contribution in [1.82, 2.24) is 15.1 Å². The number of benzene rings is 1. The summed E-state index contributed by atoms with van der Waals surface area (Å²) in [6, 6.07) is 9.97. The van der Waals surface area contributed by atoms with Gasteiger partial charge in [-0.2, -0.15) is 5.26 Å². The number of hydrogen-bond donors (Lipinski definition) is 1. The molecule has 282 valence electrons. The van der Waals surface area contributed by atoms with Crippen molar-refractivity contribution < 1.29 is 36.8 Å². The van der Waals surface area contributed by atoms with Crippen LogP contribution in [0.4, 0.5) is 13.6 Å². The molecule has 2 bridgehead atoms. The molecule has 13 heteroatoms. The Hall–Kier alpha value is -3.21. The lowest BCUT2D eigenvalue weighted by atomic mass is 9.43. The van der Waals surface area contributed by atoms with E-state index in [0.29, 0.717) is 44.1 Å². The minimum absolute atomic E-state index is 0.0639. The van der Waals surface area contributed by atoms with Gasteiger partial charge in [-0.05, 0) is 94.1 Å². The molecule has 3 aliphatic carbocycles. The molecule has 2 aromatic rings. The fraction of sp³-hybridized carbons (Fsp3) is 0.718. The van der Waals surface area contributed by atoms with Crippen molar-refractivity contribution in [3.05, 3.63) is 36.1 Å². The standard InChI is InChI=1S/C39H53BF2N4O6/c1-24(19-36(2,3)46-15-13-39(41,42)23-46)29(20-43)34(47)45-14-9-10-27(21-45)50-35(48)44-33(16-25-22-49-30-12-8-7-11-28(25)30)40-51-32-18-26-17-31(37(26,4)5)38(32,6)52-40/h7-8,11-12,22,24,26-27,29,31-33H,9-10,13-19,21,23H2,1-6H3,(H,44,48)/t24?,26-,27-,29?,31-,32+,33-,38-/m0/s1. The van der Waals surface area contributed by atoms with E-state index in [1.54, 1.807) is 16.1 Å². The number of likely N-dealkylation sites (tertiary alicyclic amines) is 2. The number of nitrogens with zero attached hydrogens (tertiary/aromatic N) is 3. The van der Waals surface area contributed by atoms with Gasteiger partial charge in [0.25, 0.3) is 5.92 Å². The number of alkyl carbamates (subject to hydrolysis) is 1. The van der Waals surface area contributed by atoms with Crippen LogP contribution in [0.1, 0.15) is 85.6 Å². The predicted molar refractivity (Wildman–Crippen MR) is 191 cm³/mol. The highest BCUT2D eigenvalue weighted by molar-refractivity contribution is 6.48. The molecule has 10 nitrogen and oxygen atoms in total. The van der Waals surface area contributed by atoms with Crippen LogP contribution in [0.3, 0.4) is 0 Å². The van der Waals surface area contributed by atoms with Gasteiger partial charge in [0.2, 0.25) is 5.91 Å². The van der Waals surface area contributed by atoms with Crippen molar-refractivity contribution in [3.8, 4) is 6.07 Å². The molecule has 3 saturated heterocycles. The number of alkyl halides is 2. The molecule has 3 aliphatic heterocycles. The molecule has 1 N–H and O–H groups in total. The number of nitriles is 1. The number of furan rings is 1. The Bertz CT molecular complexity index is 1710. The van der Waals surface area contributed by atoms with Gasteiger partial charge in [0.05, 0.1) is 43.1 Å². The monoisotopic (exact) mass is 722 g/mol. The summed E-state index contributed by atoms with van der Waals surface area (Å²) >= 11 is 0. The van der Waals surface area contributed by atoms with Gasteiger partial charge < -0.3 is 28.7 Å². The molecular formula is C39H53BF2N4O6. The Kier molecular flexibility index (Phi) is 9.69. The van der Waals surface area contributed by atoms with E-state index in [-0.39, 0.29) is 49.4 Å². The number of para-hydroxylation sites is 1. The van der Waals surface area contributed by atoms with Gasteiger partial charge in [0, 0.05) is 30.4 Å². The number of nitrogens with one attached hydrogen (secondary N) is 1. The van der Waals surface area contributed by atoms with Crippen LogP contribution in [0.2, 0.25) is 0 Å². The molecule has 1 aromatic carbocycles. The average molecular weight is 723 g/mol. The zero-order valence-electron chi connectivity index (χ0n) is 31.3. The molecule has 0 spiro atoms. The number of carbonyl (C=O) groups is 2. The second-order valence-corrected chi connectivity index (χ2v) is 17.6. The van der Waals surface area contributed by atoms with E-state index in [2.05, 4.69) is 32.2 Å². The number of fused-ring (bicyclic) bond motifs is 1. The normalized spacial score (nSPS) is 31.3. The Morgan fingerprint density at radius 2 is 1.96 bits per heavy atom. The summed E-state index contributed by atoms with van der Waals surface area (Å²) in [6.45, 7) is 13.0. The molecule has 8 atom stereocenters. The molecule has 52 heavy (non-hydrogen) atoms. The Morgan fingerprint density at radius 1 is 1.19 bits per heavy atom. The maximum Gasteiger partial charge on any atom is 0.482 e. The fourth-order valence-electron chi connectivity index (χ4n) is 10.2. The zero-order chi connectivity index (χ0) is 37.2. The lowest BCUT2D eigenvalue weighted by Crippen LogP contribution is -2.65. The minimum Gasteiger partial charge on any atom is -0.464 e. The van der Waals surface area contributed by atoms with Crippen LogP contribution < -0.4 is 5.32 Å². The van der Waals surface area contributed by atoms with Gasteiger partial charge in [-0.15, -0.1) is 0 Å². The molecular weight excluding hydrogens is 669 g/mol. The number of rotatable bonds is 10. The quantitative estimate of drug-likeness (QED) is 0.273. The molecule has 2 unspecified atom stereocenters. The third-order valence-corrected chi connectivity index (χ3v) is 13.4. The second kappa shape index (κ2) is 13.6. The van der Waals surface area contributed by atoms with Crippen molar-refractivity contribution in [2.45, 2.75) is 122 Å². The molecule has 6 aliphatic rings. The van der Waals surface area contributed by atoms with Crippen molar-refractivity contribution in [2.24, 2.45) is 29.1 Å². The summed E-state index contributed by atoms with van der Waals surface area (Å²) in [5, 5.41) is 14.1. The van der Waals surface area contributed by atoms with Crippen LogP contribution in [0.5, 0.6) is 0 Å². The van der Waals surface area contributed by atoms with Gasteiger partial charge in [0.15, 0.2) is 0 Å². The molecule has 6 fully saturated rings. The van der Waals surface area contributed by atoms with Crippen molar-refractivity contribution >= 4 is 30.1 Å². The first-order valence-electron chi connectivity index (χ1n) is 19.1. The van der Waals surface area contributed by atoms with E-state index in [1.807, 2.05) is 45.0 Å². The third kappa shape index (κ3) is 6.84. The van der Waals surface area contributed by atoms with Crippen molar-refractivity contribution in [3.63, 3.8) is 0 Å². The third-order valence-electron chi connectivity index (χ3n) is 13.4. The van der Waals surface area contributed by atoms with Crippen LogP contribution in [0.15, 0.2) is 34.9 Å². The maximum atomic E-state index is 14.0. The number of ether oxygens (including phenoxy) is 1. The number of amides is 2. The Morgan fingerprint density at radius 3 is 2.67 bits per heavy atom. The molecule has 2 amide bonds. The van der Waals surface area contributed by atoms with E-state index < -0.39 is 48.2 Å². The highest BCUT2D eigenvalue weighted by Crippen LogP contribution is 2.65. The number of hydrogen-bond acceptors (Lipinski definition) is 8. The zero-order valence-corrected chi connectivity index (χ0v) is 31.3. The maximum absolute atomic E-state index is 14.0. The molecule has 8 rings (SSSR count). The highest BCUT2D eigenvalue weighted by Gasteiger charge is 2.68. The van der Waals surface area contributed by atoms with Crippen LogP contribution >= 0.6 is 0 Å². The molecule has 0 radical (unpaired) electrons. The number of piperidine rings is 1. The summed E-state index contributed by atoms with van der Waals surface area (Å²) in [5.74, 6) is -3.98. The van der Waals surface area contributed by atoms with Crippen molar-refractivity contribution in [2.75, 3.05) is 26.2 Å². The van der Waals surface area contributed by atoms with Gasteiger partial charge in [-0.25, -0.2) is 13.6 Å². The summed E-state index contributed by atoms with van der Waals surface area (Å²) in [6.07, 6.45) is 4.32. The number of carbonyl (C=O) groups excluding carboxylic acids is 2. The lowest BCUT2D eigenvalue weighted by Gasteiger charge is -2.64. The molecule has 1 aromatic heterocycles. The first-order valence-corrected chi connectivity index (χ1v) is 19.1. The Balaban J connectivity index is 1.00. The summed E-state index contributed by atoms with van der Waals surface area (Å²) in [7, 11) is -0.690. The van der Waals surface area contributed by atoms with Crippen LogP contribution in [-0.4, -0.2) is 90.3 Å². The van der Waals surface area contributed by atoms with E-state index in [9.17, 15) is 23.6 Å². The molecule has 3 saturated carbocycles. The summed E-state index contributed by atoms with van der Waals surface area (Å²) < 4.78 is 53.2. The topological polar surface area (TPSA) is 117 Å². The van der Waals surface area contributed by atoms with E-state index in [0.717, 1.165) is 29.4 Å². The van der Waals surface area contributed by atoms with Gasteiger partial charge in [-0.3, -0.25) is 9.69 Å². The smallest absolute Gasteiger partial charge is 0.464 e. The van der Waals surface area contributed by atoms with E-state index in [1.165, 1.54) is 0 Å². The summed E-state index contributed by atoms with van der Waals surface area (Å²) in [5.41, 5.74) is 0.788. The first kappa shape index (κ1) is 37.1. The predicted octanol–water partition coefficient (Wildman–Crippen LogP) is 6.61. The Labute approximate surface area is 306 Å². The van der Waals surface area contributed by atoms with E-state index in [4.69, 9.17) is 18.5 Å². The molecule has 4 heterocycles. The minimum atomic E-state index is -2.72. The van der Waals surface area contributed by atoms with E-state index >= 15 is 0 Å². The van der Waals surface area contributed by atoms with Crippen LogP contribution in [-0.2, 0) is 25.3 Å². The average Bonchev–Trinajstić information content (AvgIpc) is 3.78. The second-order valence-electron chi connectivity index (χ2n) is 17.6. The highest BCUT2D eigenvalue weighted by atomic mass is 19.3. The number of halogens is 2. The van der Waals surface area contributed by atoms with Gasteiger partial charge >= 0.3 is 13.2 Å². The summed E-state index contributed by atoms with van der Waals surface area (Å²) in [4.78, 5) is 30.8. The van der Waals surface area contributed by atoms with Crippen LogP contribution in [0, 0.1) is 40.4 Å². The fourth-order valence-corrected chi connectivity index (χ4v) is 10.2. The van der Waals surface area contributed by atoms with Gasteiger partial charge in [-0.1, -0.05) is 39.0 Å². The van der Waals surface area contributed by atoms with Gasteiger partial charge in [0.1, 0.15) is 17.6 Å². The first-order chi connectivity index (χ1) is 24.5. The van der Waals surface area contributed by atoms with Crippen molar-refractivity contribution in [1.29, 1.82) is 5.26 Å². The largest absolute Gasteiger partial charge is 0.482 e. The lowest BCUT2D eigenvalue weighted by molar-refractivity contribution is -0.199. The van der Waals surface area contributed by atoms with Crippen LogP contribution in [0.25, 0.3) is 11.0 Å².